The highest BCUT2D eigenvalue weighted by molar-refractivity contribution is 5.84. The first-order valence-electron chi connectivity index (χ1n) is 7.58. The van der Waals surface area contributed by atoms with Crippen molar-refractivity contribution in [2.24, 2.45) is 0 Å². The zero-order valence-electron chi connectivity index (χ0n) is 12.6. The number of likely N-dealkylation sites (tertiary alicyclic amines) is 1. The number of amides is 1. The van der Waals surface area contributed by atoms with Crippen molar-refractivity contribution in [1.29, 1.82) is 0 Å². The van der Waals surface area contributed by atoms with Gasteiger partial charge in [0.25, 0.3) is 0 Å². The van der Waals surface area contributed by atoms with Crippen LogP contribution >= 0.6 is 0 Å². The molecule has 0 unspecified atom stereocenters. The summed E-state index contributed by atoms with van der Waals surface area (Å²) >= 11 is 0. The SMILES string of the molecule is COc1ccc(NC(=O)OCCCN2CCCCC2)cc1. The zero-order chi connectivity index (χ0) is 14.9. The lowest BCUT2D eigenvalue weighted by Gasteiger charge is -2.26. The molecule has 1 saturated heterocycles. The van der Waals surface area contributed by atoms with Crippen LogP contribution in [0.2, 0.25) is 0 Å². The van der Waals surface area contributed by atoms with E-state index in [1.165, 1.54) is 32.4 Å². The molecular weight excluding hydrogens is 268 g/mol. The minimum Gasteiger partial charge on any atom is -0.497 e. The number of nitrogens with one attached hydrogen (secondary N) is 1. The van der Waals surface area contributed by atoms with Gasteiger partial charge in [0.05, 0.1) is 13.7 Å². The Bertz CT molecular complexity index is 428. The summed E-state index contributed by atoms with van der Waals surface area (Å²) in [6.07, 6.45) is 4.41. The lowest BCUT2D eigenvalue weighted by Crippen LogP contribution is -2.31. The molecule has 0 bridgehead atoms. The van der Waals surface area contributed by atoms with Gasteiger partial charge in [-0.25, -0.2) is 4.79 Å². The smallest absolute Gasteiger partial charge is 0.411 e. The van der Waals surface area contributed by atoms with Crippen molar-refractivity contribution in [3.8, 4) is 5.75 Å². The monoisotopic (exact) mass is 292 g/mol. The molecule has 0 aromatic heterocycles. The second-order valence-electron chi connectivity index (χ2n) is 5.25. The Kier molecular flexibility index (Phi) is 6.34. The van der Waals surface area contributed by atoms with Crippen LogP contribution in [-0.4, -0.2) is 44.3 Å². The molecule has 5 heteroatoms. The van der Waals surface area contributed by atoms with Crippen LogP contribution in [0.5, 0.6) is 5.75 Å². The van der Waals surface area contributed by atoms with Gasteiger partial charge in [-0.1, -0.05) is 6.42 Å². The van der Waals surface area contributed by atoms with Crippen LogP contribution in [0.4, 0.5) is 10.5 Å². The molecule has 0 aliphatic carbocycles. The standard InChI is InChI=1S/C16H24N2O3/c1-20-15-8-6-14(7-9-15)17-16(19)21-13-5-12-18-10-3-2-4-11-18/h6-9H,2-5,10-13H2,1H3,(H,17,19). The minimum absolute atomic E-state index is 0.404. The maximum Gasteiger partial charge on any atom is 0.411 e. The average Bonchev–Trinajstić information content (AvgIpc) is 2.53. The van der Waals surface area contributed by atoms with E-state index >= 15 is 0 Å². The summed E-state index contributed by atoms with van der Waals surface area (Å²) in [5, 5.41) is 2.70. The number of hydrogen-bond donors (Lipinski definition) is 1. The van der Waals surface area contributed by atoms with E-state index in [9.17, 15) is 4.79 Å². The summed E-state index contributed by atoms with van der Waals surface area (Å²) in [4.78, 5) is 14.1. The molecule has 0 atom stereocenters. The van der Waals surface area contributed by atoms with Gasteiger partial charge in [-0.05, 0) is 56.6 Å². The maximum atomic E-state index is 11.6. The molecule has 21 heavy (non-hydrogen) atoms. The zero-order valence-corrected chi connectivity index (χ0v) is 12.6. The van der Waals surface area contributed by atoms with Gasteiger partial charge in [-0.3, -0.25) is 5.32 Å². The highest BCUT2D eigenvalue weighted by atomic mass is 16.5. The molecule has 1 aliphatic rings. The highest BCUT2D eigenvalue weighted by Crippen LogP contribution is 2.15. The third-order valence-electron chi connectivity index (χ3n) is 3.64. The first-order chi connectivity index (χ1) is 10.3. The topological polar surface area (TPSA) is 50.8 Å². The van der Waals surface area contributed by atoms with Gasteiger partial charge in [0.15, 0.2) is 0 Å². The summed E-state index contributed by atoms with van der Waals surface area (Å²) in [6.45, 7) is 3.82. The molecule has 1 fully saturated rings. The molecule has 1 heterocycles. The summed E-state index contributed by atoms with van der Waals surface area (Å²) in [5.41, 5.74) is 0.705. The Labute approximate surface area is 126 Å². The van der Waals surface area contributed by atoms with Crippen LogP contribution in [0.25, 0.3) is 0 Å². The predicted molar refractivity (Wildman–Crippen MR) is 82.9 cm³/mol. The fourth-order valence-corrected chi connectivity index (χ4v) is 2.46. The van der Waals surface area contributed by atoms with Gasteiger partial charge in [-0.2, -0.15) is 0 Å². The molecule has 1 N–H and O–H groups in total. The largest absolute Gasteiger partial charge is 0.497 e. The molecule has 2 rings (SSSR count). The van der Waals surface area contributed by atoms with E-state index in [2.05, 4.69) is 10.2 Å². The first-order valence-corrected chi connectivity index (χ1v) is 7.58. The molecule has 1 aromatic rings. The van der Waals surface area contributed by atoms with Crippen molar-refractivity contribution in [1.82, 2.24) is 4.90 Å². The Balaban J connectivity index is 1.60. The second-order valence-corrected chi connectivity index (χ2v) is 5.25. The van der Waals surface area contributed by atoms with E-state index in [0.717, 1.165) is 18.7 Å². The normalized spacial score (nSPS) is 15.5. The van der Waals surface area contributed by atoms with Crippen molar-refractivity contribution in [3.05, 3.63) is 24.3 Å². The number of rotatable bonds is 6. The molecule has 0 spiro atoms. The van der Waals surface area contributed by atoms with Gasteiger partial charge >= 0.3 is 6.09 Å². The second kappa shape index (κ2) is 8.52. The van der Waals surface area contributed by atoms with Crippen molar-refractivity contribution in [2.75, 3.05) is 38.7 Å². The average molecular weight is 292 g/mol. The van der Waals surface area contributed by atoms with Crippen molar-refractivity contribution < 1.29 is 14.3 Å². The molecule has 5 nitrogen and oxygen atoms in total. The van der Waals surface area contributed by atoms with Crippen LogP contribution in [-0.2, 0) is 4.74 Å². The fourth-order valence-electron chi connectivity index (χ4n) is 2.46. The Hall–Kier alpha value is -1.75. The Morgan fingerprint density at radius 2 is 1.90 bits per heavy atom. The van der Waals surface area contributed by atoms with Crippen molar-refractivity contribution in [3.63, 3.8) is 0 Å². The molecule has 1 aliphatic heterocycles. The van der Waals surface area contributed by atoms with Crippen LogP contribution in [0.3, 0.4) is 0 Å². The number of ether oxygens (including phenoxy) is 2. The van der Waals surface area contributed by atoms with E-state index in [0.29, 0.717) is 12.3 Å². The van der Waals surface area contributed by atoms with E-state index in [-0.39, 0.29) is 0 Å². The van der Waals surface area contributed by atoms with Crippen molar-refractivity contribution >= 4 is 11.8 Å². The fraction of sp³-hybridized carbons (Fsp3) is 0.562. The lowest BCUT2D eigenvalue weighted by molar-refractivity contribution is 0.148. The molecule has 0 saturated carbocycles. The van der Waals surface area contributed by atoms with Gasteiger partial charge in [0.2, 0.25) is 0 Å². The number of anilines is 1. The maximum absolute atomic E-state index is 11.6. The van der Waals surface area contributed by atoms with Gasteiger partial charge < -0.3 is 14.4 Å². The van der Waals surface area contributed by atoms with Crippen LogP contribution < -0.4 is 10.1 Å². The summed E-state index contributed by atoms with van der Waals surface area (Å²) in [7, 11) is 1.61. The molecule has 116 valence electrons. The Morgan fingerprint density at radius 1 is 1.19 bits per heavy atom. The summed E-state index contributed by atoms with van der Waals surface area (Å²) < 4.78 is 10.2. The van der Waals surface area contributed by atoms with Gasteiger partial charge in [0.1, 0.15) is 5.75 Å². The predicted octanol–water partition coefficient (Wildman–Crippen LogP) is 3.12. The molecule has 1 aromatic carbocycles. The van der Waals surface area contributed by atoms with E-state index in [1.807, 2.05) is 0 Å². The van der Waals surface area contributed by atoms with Crippen molar-refractivity contribution in [2.45, 2.75) is 25.7 Å². The number of piperidine rings is 1. The highest BCUT2D eigenvalue weighted by Gasteiger charge is 2.09. The van der Waals surface area contributed by atoms with Crippen LogP contribution in [0.15, 0.2) is 24.3 Å². The number of nitrogens with zero attached hydrogens (tertiary/aromatic N) is 1. The number of hydrogen-bond acceptors (Lipinski definition) is 4. The number of benzene rings is 1. The van der Waals surface area contributed by atoms with E-state index < -0.39 is 6.09 Å². The van der Waals surface area contributed by atoms with Gasteiger partial charge in [-0.15, -0.1) is 0 Å². The summed E-state index contributed by atoms with van der Waals surface area (Å²) in [6, 6.07) is 7.17. The lowest BCUT2D eigenvalue weighted by atomic mass is 10.1. The van der Waals surface area contributed by atoms with E-state index in [1.54, 1.807) is 31.4 Å². The Morgan fingerprint density at radius 3 is 2.57 bits per heavy atom. The van der Waals surface area contributed by atoms with Crippen LogP contribution in [0, 0.1) is 0 Å². The van der Waals surface area contributed by atoms with Gasteiger partial charge in [0, 0.05) is 12.2 Å². The summed E-state index contributed by atoms with van der Waals surface area (Å²) in [5.74, 6) is 0.760. The van der Waals surface area contributed by atoms with Crippen LogP contribution in [0.1, 0.15) is 25.7 Å². The number of carbonyl (C=O) groups excluding carboxylic acids is 1. The third kappa shape index (κ3) is 5.63. The number of methoxy groups -OCH3 is 1. The molecule has 0 radical (unpaired) electrons. The van der Waals surface area contributed by atoms with E-state index in [4.69, 9.17) is 9.47 Å². The minimum atomic E-state index is -0.404. The quantitative estimate of drug-likeness (QED) is 0.818. The third-order valence-corrected chi connectivity index (χ3v) is 3.64. The molecule has 1 amide bonds. The molecular formula is C16H24N2O3. The first kappa shape index (κ1) is 15.6. The number of carbonyl (C=O) groups is 1.